The molecule has 1 fully saturated rings. The van der Waals surface area contributed by atoms with Crippen LogP contribution in [0.4, 0.5) is 19.5 Å². The number of benzene rings is 1. The van der Waals surface area contributed by atoms with Crippen molar-refractivity contribution in [1.29, 1.82) is 0 Å². The van der Waals surface area contributed by atoms with Gasteiger partial charge in [0.1, 0.15) is 5.60 Å². The van der Waals surface area contributed by atoms with Crippen molar-refractivity contribution in [2.24, 2.45) is 0 Å². The number of nitrogens with zero attached hydrogens (tertiary/aromatic N) is 3. The van der Waals surface area contributed by atoms with Crippen LogP contribution >= 0.6 is 11.3 Å². The van der Waals surface area contributed by atoms with E-state index in [1.165, 1.54) is 24.3 Å². The molecule has 0 spiro atoms. The Kier molecular flexibility index (Phi) is 6.98. The first-order valence-corrected chi connectivity index (χ1v) is 12.2. The number of hydrogen-bond acceptors (Lipinski definition) is 6. The molecule has 0 bridgehead atoms. The van der Waals surface area contributed by atoms with Crippen LogP contribution in [0.2, 0.25) is 0 Å². The number of alkyl halides is 2. The van der Waals surface area contributed by atoms with E-state index in [0.29, 0.717) is 35.3 Å². The van der Waals surface area contributed by atoms with Gasteiger partial charge in [0.2, 0.25) is 5.95 Å². The number of halogens is 2. The topological polar surface area (TPSA) is 114 Å². The summed E-state index contributed by atoms with van der Waals surface area (Å²) in [6, 6.07) is 6.68. The number of hydrogen-bond donors (Lipinski definition) is 2. The van der Waals surface area contributed by atoms with Crippen LogP contribution < -0.4 is 5.32 Å². The molecule has 0 saturated carbocycles. The number of rotatable bonds is 6. The Morgan fingerprint density at radius 2 is 2.00 bits per heavy atom. The van der Waals surface area contributed by atoms with Gasteiger partial charge >= 0.3 is 12.1 Å². The SMILES string of the molecule is CC(C)(C)OC(=O)N1CCC[C@@H]1Cn1c(NC(=O)c2ccc(C(F)F)s2)nc2cc(C(=O)O)ccc21. The number of amides is 2. The van der Waals surface area contributed by atoms with E-state index in [1.807, 2.05) is 0 Å². The first-order valence-electron chi connectivity index (χ1n) is 11.4. The Bertz CT molecular complexity index is 1310. The fourth-order valence-corrected chi connectivity index (χ4v) is 4.85. The van der Waals surface area contributed by atoms with E-state index in [4.69, 9.17) is 4.74 Å². The molecule has 0 aliphatic carbocycles. The number of carboxylic acid groups (broad SMARTS) is 1. The van der Waals surface area contributed by atoms with Crippen LogP contribution in [0, 0.1) is 0 Å². The van der Waals surface area contributed by atoms with Gasteiger partial charge in [0.05, 0.1) is 32.4 Å². The van der Waals surface area contributed by atoms with Gasteiger partial charge in [0, 0.05) is 13.1 Å². The number of carbonyl (C=O) groups excluding carboxylic acids is 2. The molecule has 12 heteroatoms. The molecular formula is C24H26F2N4O5S. The molecule has 0 radical (unpaired) electrons. The highest BCUT2D eigenvalue weighted by Crippen LogP contribution is 2.30. The summed E-state index contributed by atoms with van der Waals surface area (Å²) < 4.78 is 33.2. The molecular weight excluding hydrogens is 494 g/mol. The van der Waals surface area contributed by atoms with Crippen molar-refractivity contribution >= 4 is 46.3 Å². The van der Waals surface area contributed by atoms with E-state index in [2.05, 4.69) is 10.3 Å². The lowest BCUT2D eigenvalue weighted by Crippen LogP contribution is -2.41. The van der Waals surface area contributed by atoms with E-state index in [9.17, 15) is 28.3 Å². The Morgan fingerprint density at radius 3 is 2.64 bits per heavy atom. The minimum absolute atomic E-state index is 0.0288. The zero-order valence-electron chi connectivity index (χ0n) is 20.0. The number of nitrogens with one attached hydrogen (secondary N) is 1. The number of likely N-dealkylation sites (tertiary alicyclic amines) is 1. The Balaban J connectivity index is 1.67. The van der Waals surface area contributed by atoms with Crippen LogP contribution in [0.3, 0.4) is 0 Å². The number of thiophene rings is 1. The number of carboxylic acids is 1. The molecule has 36 heavy (non-hydrogen) atoms. The molecule has 3 heterocycles. The molecule has 2 aromatic heterocycles. The number of anilines is 1. The maximum absolute atomic E-state index is 13.0. The van der Waals surface area contributed by atoms with Crippen LogP contribution in [0.25, 0.3) is 11.0 Å². The summed E-state index contributed by atoms with van der Waals surface area (Å²) in [5.74, 6) is -1.61. The molecule has 1 aliphatic heterocycles. The number of carbonyl (C=O) groups is 3. The lowest BCUT2D eigenvalue weighted by atomic mass is 10.2. The highest BCUT2D eigenvalue weighted by atomic mass is 32.1. The van der Waals surface area contributed by atoms with E-state index in [1.54, 1.807) is 36.3 Å². The highest BCUT2D eigenvalue weighted by molar-refractivity contribution is 7.14. The summed E-state index contributed by atoms with van der Waals surface area (Å²) in [7, 11) is 0. The number of ether oxygens (including phenoxy) is 1. The third-order valence-electron chi connectivity index (χ3n) is 5.68. The molecule has 1 aromatic carbocycles. The molecule has 0 unspecified atom stereocenters. The fourth-order valence-electron chi connectivity index (χ4n) is 4.10. The second-order valence-corrected chi connectivity index (χ2v) is 10.6. The molecule has 2 amide bonds. The van der Waals surface area contributed by atoms with Gasteiger partial charge in [-0.15, -0.1) is 11.3 Å². The van der Waals surface area contributed by atoms with E-state index in [-0.39, 0.29) is 33.9 Å². The van der Waals surface area contributed by atoms with Gasteiger partial charge in [0.25, 0.3) is 12.3 Å². The quantitative estimate of drug-likeness (QED) is 0.451. The average Bonchev–Trinajstić information content (AvgIpc) is 3.51. The van der Waals surface area contributed by atoms with Gasteiger partial charge in [-0.2, -0.15) is 0 Å². The van der Waals surface area contributed by atoms with Gasteiger partial charge in [-0.1, -0.05) is 0 Å². The summed E-state index contributed by atoms with van der Waals surface area (Å²) in [5, 5.41) is 12.0. The fraction of sp³-hybridized carbons (Fsp3) is 0.417. The summed E-state index contributed by atoms with van der Waals surface area (Å²) in [6.45, 7) is 6.15. The van der Waals surface area contributed by atoms with Crippen molar-refractivity contribution in [1.82, 2.24) is 14.5 Å². The molecule has 1 saturated heterocycles. The second kappa shape index (κ2) is 9.84. The first-order chi connectivity index (χ1) is 16.9. The van der Waals surface area contributed by atoms with Crippen LogP contribution in [0.5, 0.6) is 0 Å². The molecule has 1 atom stereocenters. The largest absolute Gasteiger partial charge is 0.478 e. The van der Waals surface area contributed by atoms with Crippen molar-refractivity contribution < 1.29 is 33.0 Å². The molecule has 9 nitrogen and oxygen atoms in total. The van der Waals surface area contributed by atoms with Gasteiger partial charge in [-0.3, -0.25) is 10.1 Å². The van der Waals surface area contributed by atoms with Crippen molar-refractivity contribution in [3.8, 4) is 0 Å². The standard InChI is InChI=1S/C24H26F2N4O5S/c1-24(2,3)35-23(34)29-10-4-5-14(29)12-30-16-7-6-13(21(32)33)11-15(16)27-22(30)28-20(31)18-9-8-17(36-18)19(25)26/h6-9,11,14,19H,4-5,10,12H2,1-3H3,(H,32,33)(H,27,28,31)/t14-/m1/s1. The third-order valence-corrected chi connectivity index (χ3v) is 6.78. The molecule has 4 rings (SSSR count). The monoisotopic (exact) mass is 520 g/mol. The van der Waals surface area contributed by atoms with Crippen molar-refractivity contribution in [3.63, 3.8) is 0 Å². The predicted molar refractivity (Wildman–Crippen MR) is 130 cm³/mol. The van der Waals surface area contributed by atoms with Gasteiger partial charge in [-0.05, 0) is 63.9 Å². The van der Waals surface area contributed by atoms with E-state index >= 15 is 0 Å². The Labute approximate surface area is 209 Å². The maximum Gasteiger partial charge on any atom is 0.410 e. The van der Waals surface area contributed by atoms with E-state index < -0.39 is 30.0 Å². The van der Waals surface area contributed by atoms with Crippen molar-refractivity contribution in [2.45, 2.75) is 58.2 Å². The van der Waals surface area contributed by atoms with Crippen molar-refractivity contribution in [3.05, 3.63) is 45.6 Å². The first kappa shape index (κ1) is 25.5. The van der Waals surface area contributed by atoms with Gasteiger partial charge in [0.15, 0.2) is 0 Å². The van der Waals surface area contributed by atoms with Crippen LogP contribution in [-0.4, -0.2) is 55.7 Å². The summed E-state index contributed by atoms with van der Waals surface area (Å²) in [5.41, 5.74) is 0.272. The van der Waals surface area contributed by atoms with Crippen LogP contribution in [-0.2, 0) is 11.3 Å². The number of aromatic nitrogens is 2. The molecule has 192 valence electrons. The minimum atomic E-state index is -2.68. The van der Waals surface area contributed by atoms with Crippen molar-refractivity contribution in [2.75, 3.05) is 11.9 Å². The molecule has 3 aromatic rings. The lowest BCUT2D eigenvalue weighted by Gasteiger charge is -2.29. The summed E-state index contributed by atoms with van der Waals surface area (Å²) in [6.07, 6.45) is -1.65. The zero-order chi connectivity index (χ0) is 26.2. The predicted octanol–water partition coefficient (Wildman–Crippen LogP) is 5.39. The average molecular weight is 521 g/mol. The van der Waals surface area contributed by atoms with Crippen LogP contribution in [0.1, 0.15) is 64.9 Å². The number of fused-ring (bicyclic) bond motifs is 1. The Morgan fingerprint density at radius 1 is 1.25 bits per heavy atom. The van der Waals surface area contributed by atoms with Gasteiger partial charge in [-0.25, -0.2) is 23.4 Å². The summed E-state index contributed by atoms with van der Waals surface area (Å²) >= 11 is 0.684. The molecule has 2 N–H and O–H groups in total. The lowest BCUT2D eigenvalue weighted by molar-refractivity contribution is 0.0214. The zero-order valence-corrected chi connectivity index (χ0v) is 20.8. The maximum atomic E-state index is 13.0. The van der Waals surface area contributed by atoms with Gasteiger partial charge < -0.3 is 19.3 Å². The summed E-state index contributed by atoms with van der Waals surface area (Å²) in [4.78, 5) is 43.0. The van der Waals surface area contributed by atoms with Crippen LogP contribution in [0.15, 0.2) is 30.3 Å². The Hall–Kier alpha value is -3.54. The third kappa shape index (κ3) is 5.48. The molecule has 1 aliphatic rings. The smallest absolute Gasteiger partial charge is 0.410 e. The number of aromatic carboxylic acids is 1. The number of imidazole rings is 1. The van der Waals surface area contributed by atoms with E-state index in [0.717, 1.165) is 6.42 Å². The highest BCUT2D eigenvalue weighted by Gasteiger charge is 2.33. The normalized spacial score (nSPS) is 16.1. The second-order valence-electron chi connectivity index (χ2n) is 9.48. The minimum Gasteiger partial charge on any atom is -0.478 e.